The fourth-order valence-electron chi connectivity index (χ4n) is 3.46. The number of hydrogen-bond donors (Lipinski definition) is 1. The van der Waals surface area contributed by atoms with Crippen molar-refractivity contribution < 1.29 is 9.18 Å². The summed E-state index contributed by atoms with van der Waals surface area (Å²) in [6.45, 7) is 2.79. The number of aryl methyl sites for hydroxylation is 1. The molecule has 8 heteroatoms. The Hall–Kier alpha value is -3.52. The van der Waals surface area contributed by atoms with Gasteiger partial charge in [-0.15, -0.1) is 0 Å². The van der Waals surface area contributed by atoms with E-state index in [1.807, 2.05) is 42.0 Å². The Kier molecular flexibility index (Phi) is 6.08. The lowest BCUT2D eigenvalue weighted by Gasteiger charge is -2.11. The molecule has 31 heavy (non-hydrogen) atoms. The van der Waals surface area contributed by atoms with E-state index in [0.29, 0.717) is 24.3 Å². The van der Waals surface area contributed by atoms with Crippen molar-refractivity contribution in [2.24, 2.45) is 0 Å². The van der Waals surface area contributed by atoms with Gasteiger partial charge in [0.1, 0.15) is 12.4 Å². The van der Waals surface area contributed by atoms with Crippen LogP contribution in [0.3, 0.4) is 0 Å². The van der Waals surface area contributed by atoms with E-state index in [1.54, 1.807) is 24.7 Å². The molecule has 2 aromatic heterocycles. The fourth-order valence-corrected chi connectivity index (χ4v) is 4.31. The highest BCUT2D eigenvalue weighted by Gasteiger charge is 2.16. The number of nitrogens with zero attached hydrogens (tertiary/aromatic N) is 3. The molecule has 1 N–H and O–H groups in total. The van der Waals surface area contributed by atoms with Crippen LogP contribution >= 0.6 is 11.3 Å². The van der Waals surface area contributed by atoms with Crippen molar-refractivity contribution in [3.63, 3.8) is 0 Å². The van der Waals surface area contributed by atoms with E-state index in [4.69, 9.17) is 0 Å². The van der Waals surface area contributed by atoms with Crippen LogP contribution in [0.2, 0.25) is 0 Å². The molecule has 0 unspecified atom stereocenters. The van der Waals surface area contributed by atoms with Gasteiger partial charge in [0.2, 0.25) is 5.91 Å². The van der Waals surface area contributed by atoms with Crippen LogP contribution in [-0.4, -0.2) is 20.0 Å². The third-order valence-corrected chi connectivity index (χ3v) is 5.78. The molecule has 2 aromatic carbocycles. The first kappa shape index (κ1) is 20.7. The maximum absolute atomic E-state index is 13.3. The molecular formula is C23H21FN4O2S. The summed E-state index contributed by atoms with van der Waals surface area (Å²) in [4.78, 5) is 29.6. The Morgan fingerprint density at radius 3 is 2.68 bits per heavy atom. The van der Waals surface area contributed by atoms with Crippen LogP contribution in [0.4, 0.5) is 4.39 Å². The van der Waals surface area contributed by atoms with Gasteiger partial charge in [-0.1, -0.05) is 35.6 Å². The minimum absolute atomic E-state index is 0.0926. The molecule has 0 atom stereocenters. The molecule has 0 bridgehead atoms. The van der Waals surface area contributed by atoms with E-state index in [0.717, 1.165) is 27.3 Å². The molecule has 0 radical (unpaired) electrons. The molecule has 4 rings (SSSR count). The van der Waals surface area contributed by atoms with Crippen molar-refractivity contribution in [1.82, 2.24) is 19.4 Å². The zero-order valence-electron chi connectivity index (χ0n) is 16.9. The van der Waals surface area contributed by atoms with Crippen LogP contribution in [0, 0.1) is 12.7 Å². The SMILES string of the molecule is Cc1sc(=O)n(CC(=O)NCc2cccc(Cn3ccnc3)c2)c1-c1ccc(F)cc1. The molecule has 4 aromatic rings. The number of carbonyl (C=O) groups is 1. The highest BCUT2D eigenvalue weighted by atomic mass is 32.1. The number of thiazole rings is 1. The van der Waals surface area contributed by atoms with Gasteiger partial charge in [0.15, 0.2) is 0 Å². The zero-order chi connectivity index (χ0) is 21.8. The molecular weight excluding hydrogens is 415 g/mol. The van der Waals surface area contributed by atoms with E-state index in [1.165, 1.54) is 16.7 Å². The Morgan fingerprint density at radius 2 is 1.94 bits per heavy atom. The smallest absolute Gasteiger partial charge is 0.308 e. The number of benzene rings is 2. The van der Waals surface area contributed by atoms with Crippen molar-refractivity contribution in [1.29, 1.82) is 0 Å². The van der Waals surface area contributed by atoms with Gasteiger partial charge in [-0.05, 0) is 47.9 Å². The van der Waals surface area contributed by atoms with Gasteiger partial charge in [-0.25, -0.2) is 9.37 Å². The average Bonchev–Trinajstić information content (AvgIpc) is 3.35. The lowest BCUT2D eigenvalue weighted by atomic mass is 10.1. The Labute approximate surface area is 182 Å². The summed E-state index contributed by atoms with van der Waals surface area (Å²) in [5.74, 6) is -0.609. The normalized spacial score (nSPS) is 10.9. The monoisotopic (exact) mass is 436 g/mol. The first-order valence-electron chi connectivity index (χ1n) is 9.76. The molecule has 0 saturated carbocycles. The molecule has 0 aliphatic heterocycles. The second-order valence-electron chi connectivity index (χ2n) is 7.20. The number of aromatic nitrogens is 3. The summed E-state index contributed by atoms with van der Waals surface area (Å²) in [6, 6.07) is 13.9. The summed E-state index contributed by atoms with van der Waals surface area (Å²) in [5, 5.41) is 2.88. The van der Waals surface area contributed by atoms with Crippen LogP contribution in [0.25, 0.3) is 11.3 Å². The van der Waals surface area contributed by atoms with Crippen molar-refractivity contribution in [2.45, 2.75) is 26.6 Å². The quantitative estimate of drug-likeness (QED) is 0.481. The van der Waals surface area contributed by atoms with Crippen LogP contribution in [0.5, 0.6) is 0 Å². The van der Waals surface area contributed by atoms with Crippen LogP contribution in [0.1, 0.15) is 16.0 Å². The summed E-state index contributed by atoms with van der Waals surface area (Å²) in [6.07, 6.45) is 5.39. The Balaban J connectivity index is 1.44. The summed E-state index contributed by atoms with van der Waals surface area (Å²) in [7, 11) is 0. The first-order valence-corrected chi connectivity index (χ1v) is 10.6. The third-order valence-electron chi connectivity index (χ3n) is 4.89. The van der Waals surface area contributed by atoms with Crippen LogP contribution < -0.4 is 10.2 Å². The minimum atomic E-state index is -0.349. The number of imidazole rings is 1. The lowest BCUT2D eigenvalue weighted by Crippen LogP contribution is -2.30. The second-order valence-corrected chi connectivity index (χ2v) is 8.36. The average molecular weight is 437 g/mol. The lowest BCUT2D eigenvalue weighted by molar-refractivity contribution is -0.121. The van der Waals surface area contributed by atoms with Gasteiger partial charge in [0.25, 0.3) is 0 Å². The Morgan fingerprint density at radius 1 is 1.16 bits per heavy atom. The van der Waals surface area contributed by atoms with Crippen LogP contribution in [0.15, 0.2) is 72.0 Å². The van der Waals surface area contributed by atoms with Crippen molar-refractivity contribution in [3.05, 3.63) is 98.7 Å². The molecule has 0 aliphatic carbocycles. The number of hydrogen-bond acceptors (Lipinski definition) is 4. The van der Waals surface area contributed by atoms with Gasteiger partial charge in [0.05, 0.1) is 12.0 Å². The molecule has 0 spiro atoms. The van der Waals surface area contributed by atoms with E-state index < -0.39 is 0 Å². The number of amides is 1. The summed E-state index contributed by atoms with van der Waals surface area (Å²) in [5.41, 5.74) is 3.43. The first-order chi connectivity index (χ1) is 15.0. The van der Waals surface area contributed by atoms with E-state index in [9.17, 15) is 14.0 Å². The molecule has 0 fully saturated rings. The number of rotatable bonds is 7. The molecule has 0 saturated heterocycles. The highest BCUT2D eigenvalue weighted by molar-refractivity contribution is 7.09. The standard InChI is InChI=1S/C23H21FN4O2S/c1-16-22(19-5-7-20(24)8-6-19)28(23(30)31-16)14-21(29)26-12-17-3-2-4-18(11-17)13-27-10-9-25-15-27/h2-11,15H,12-14H2,1H3,(H,26,29). The van der Waals surface area contributed by atoms with Gasteiger partial charge in [0, 0.05) is 30.4 Å². The molecule has 1 amide bonds. The highest BCUT2D eigenvalue weighted by Crippen LogP contribution is 2.25. The van der Waals surface area contributed by atoms with Crippen molar-refractivity contribution >= 4 is 17.2 Å². The van der Waals surface area contributed by atoms with Gasteiger partial charge < -0.3 is 9.88 Å². The van der Waals surface area contributed by atoms with E-state index >= 15 is 0 Å². The largest absolute Gasteiger partial charge is 0.350 e. The number of nitrogens with one attached hydrogen (secondary N) is 1. The molecule has 2 heterocycles. The van der Waals surface area contributed by atoms with Crippen molar-refractivity contribution in [2.75, 3.05) is 0 Å². The molecule has 0 aliphatic rings. The van der Waals surface area contributed by atoms with Gasteiger partial charge in [-0.3, -0.25) is 14.2 Å². The zero-order valence-corrected chi connectivity index (χ0v) is 17.7. The van der Waals surface area contributed by atoms with Crippen LogP contribution in [-0.2, 0) is 24.4 Å². The Bertz CT molecular complexity index is 1240. The number of carbonyl (C=O) groups excluding carboxylic acids is 1. The summed E-state index contributed by atoms with van der Waals surface area (Å²) < 4.78 is 16.7. The number of halogens is 1. The third kappa shape index (κ3) is 4.97. The maximum atomic E-state index is 13.3. The van der Waals surface area contributed by atoms with Crippen molar-refractivity contribution in [3.8, 4) is 11.3 Å². The van der Waals surface area contributed by atoms with Gasteiger partial charge >= 0.3 is 4.87 Å². The summed E-state index contributed by atoms with van der Waals surface area (Å²) >= 11 is 1.08. The topological polar surface area (TPSA) is 68.9 Å². The second kappa shape index (κ2) is 9.09. The predicted octanol–water partition coefficient (Wildman–Crippen LogP) is 3.59. The predicted molar refractivity (Wildman–Crippen MR) is 118 cm³/mol. The fraction of sp³-hybridized carbons (Fsp3) is 0.174. The van der Waals surface area contributed by atoms with Gasteiger partial charge in [-0.2, -0.15) is 0 Å². The van der Waals surface area contributed by atoms with E-state index in [-0.39, 0.29) is 23.1 Å². The molecule has 158 valence electrons. The minimum Gasteiger partial charge on any atom is -0.350 e. The maximum Gasteiger partial charge on any atom is 0.308 e. The molecule has 6 nitrogen and oxygen atoms in total. The van der Waals surface area contributed by atoms with E-state index in [2.05, 4.69) is 10.3 Å².